The topological polar surface area (TPSA) is 122 Å². The number of anilines is 2. The maximum absolute atomic E-state index is 13.5. The molecule has 38 heavy (non-hydrogen) atoms. The van der Waals surface area contributed by atoms with Crippen molar-refractivity contribution in [3.63, 3.8) is 0 Å². The van der Waals surface area contributed by atoms with Gasteiger partial charge in [-0.05, 0) is 37.3 Å². The van der Waals surface area contributed by atoms with Gasteiger partial charge in [-0.25, -0.2) is 19.3 Å². The first-order valence-corrected chi connectivity index (χ1v) is 11.2. The number of alkyl halides is 3. The van der Waals surface area contributed by atoms with Crippen LogP contribution in [0, 0.1) is 11.3 Å². The number of halogens is 3. The Labute approximate surface area is 214 Å². The molecule has 2 aromatic carbocycles. The van der Waals surface area contributed by atoms with E-state index in [0.717, 1.165) is 23.8 Å². The highest BCUT2D eigenvalue weighted by Crippen LogP contribution is 2.44. The summed E-state index contributed by atoms with van der Waals surface area (Å²) in [5.41, 5.74) is -0.898. The lowest BCUT2D eigenvalue weighted by Crippen LogP contribution is -2.38. The summed E-state index contributed by atoms with van der Waals surface area (Å²) in [4.78, 5) is 27.5. The van der Waals surface area contributed by atoms with Crippen molar-refractivity contribution in [3.05, 3.63) is 80.9 Å². The summed E-state index contributed by atoms with van der Waals surface area (Å²) in [5, 5.41) is 15.8. The van der Waals surface area contributed by atoms with E-state index in [4.69, 9.17) is 14.2 Å². The van der Waals surface area contributed by atoms with E-state index >= 15 is 0 Å². The molecule has 10 nitrogen and oxygen atoms in total. The number of nitriles is 1. The Hall–Kier alpha value is -4.57. The predicted octanol–water partition coefficient (Wildman–Crippen LogP) is 3.68. The number of methoxy groups -OCH3 is 2. The van der Waals surface area contributed by atoms with Crippen molar-refractivity contribution in [1.29, 1.82) is 5.26 Å². The second kappa shape index (κ2) is 10.4. The molecule has 1 aliphatic heterocycles. The van der Waals surface area contributed by atoms with Crippen LogP contribution in [-0.4, -0.2) is 48.2 Å². The number of aromatic nitrogens is 3. The van der Waals surface area contributed by atoms with Crippen LogP contribution >= 0.6 is 0 Å². The van der Waals surface area contributed by atoms with Gasteiger partial charge in [0.05, 0.1) is 36.5 Å². The Balaban J connectivity index is 1.99. The standard InChI is InChI=1S/C25H22F3N5O5/c1-14-20(22(34)37-3)21(18-8-7-15(13-29)11-19(18)38-10-9-36-2)33-23(30-31-24(33)35)32(14)17-6-4-5-16(12-17)25(26,27)28/h4-8,11-12,21H,9-10H2,1-3H3,(H,31,35)/t21-/m1/s1. The van der Waals surface area contributed by atoms with Gasteiger partial charge in [-0.3, -0.25) is 4.90 Å². The molecule has 4 rings (SSSR count). The van der Waals surface area contributed by atoms with E-state index in [2.05, 4.69) is 10.2 Å². The maximum Gasteiger partial charge on any atom is 0.416 e. The van der Waals surface area contributed by atoms with Gasteiger partial charge in [0.1, 0.15) is 18.4 Å². The number of allylic oxidation sites excluding steroid dienone is 1. The van der Waals surface area contributed by atoms with Gasteiger partial charge in [0.2, 0.25) is 5.95 Å². The van der Waals surface area contributed by atoms with Crippen LogP contribution in [0.25, 0.3) is 0 Å². The van der Waals surface area contributed by atoms with Gasteiger partial charge in [-0.15, -0.1) is 5.10 Å². The fourth-order valence-corrected chi connectivity index (χ4v) is 4.27. The van der Waals surface area contributed by atoms with Crippen LogP contribution in [0.2, 0.25) is 0 Å². The number of ether oxygens (including phenoxy) is 3. The second-order valence-corrected chi connectivity index (χ2v) is 8.18. The molecule has 1 aliphatic rings. The Morgan fingerprint density at radius 2 is 1.95 bits per heavy atom. The normalized spacial score (nSPS) is 15.2. The zero-order valence-corrected chi connectivity index (χ0v) is 20.5. The third-order valence-corrected chi connectivity index (χ3v) is 5.96. The van der Waals surface area contributed by atoms with Crippen molar-refractivity contribution in [2.24, 2.45) is 0 Å². The SMILES string of the molecule is COCCOc1cc(C#N)ccc1[C@@H]1C(C(=O)OC)=C(C)N(c2cccc(C(F)(F)F)c2)c2n[nH]c(=O)n21. The minimum atomic E-state index is -4.63. The number of nitrogens with one attached hydrogen (secondary N) is 1. The summed E-state index contributed by atoms with van der Waals surface area (Å²) in [6.07, 6.45) is -4.63. The number of carbonyl (C=O) groups is 1. The highest BCUT2D eigenvalue weighted by Gasteiger charge is 2.41. The highest BCUT2D eigenvalue weighted by atomic mass is 19.4. The number of esters is 1. The maximum atomic E-state index is 13.5. The van der Waals surface area contributed by atoms with E-state index in [1.165, 1.54) is 49.3 Å². The molecular weight excluding hydrogens is 507 g/mol. The smallest absolute Gasteiger partial charge is 0.416 e. The quantitative estimate of drug-likeness (QED) is 0.363. The molecule has 0 fully saturated rings. The van der Waals surface area contributed by atoms with Crippen molar-refractivity contribution in [3.8, 4) is 11.8 Å². The Kier molecular flexibility index (Phi) is 7.27. The molecule has 0 saturated heterocycles. The van der Waals surface area contributed by atoms with Crippen LogP contribution < -0.4 is 15.3 Å². The zero-order chi connectivity index (χ0) is 27.6. The molecular formula is C25H22F3N5O5. The van der Waals surface area contributed by atoms with E-state index in [0.29, 0.717) is 5.56 Å². The number of aromatic amines is 1. The van der Waals surface area contributed by atoms with Gasteiger partial charge in [-0.1, -0.05) is 12.1 Å². The number of rotatable bonds is 7. The summed E-state index contributed by atoms with van der Waals surface area (Å²) in [7, 11) is 2.63. The summed E-state index contributed by atoms with van der Waals surface area (Å²) in [5.74, 6) is -0.682. The number of H-pyrrole nitrogens is 1. The van der Waals surface area contributed by atoms with Gasteiger partial charge in [0.25, 0.3) is 0 Å². The average molecular weight is 529 g/mol. The number of nitrogens with zero attached hydrogens (tertiary/aromatic N) is 4. The molecule has 3 aromatic rings. The summed E-state index contributed by atoms with van der Waals surface area (Å²) >= 11 is 0. The number of hydrogen-bond donors (Lipinski definition) is 1. The van der Waals surface area contributed by atoms with Gasteiger partial charge in [0.15, 0.2) is 0 Å². The predicted molar refractivity (Wildman–Crippen MR) is 128 cm³/mol. The van der Waals surface area contributed by atoms with E-state index < -0.39 is 29.4 Å². The van der Waals surface area contributed by atoms with Crippen molar-refractivity contribution in [2.45, 2.75) is 19.1 Å². The number of fused-ring (bicyclic) bond motifs is 1. The van der Waals surface area contributed by atoms with Gasteiger partial charge in [-0.2, -0.15) is 18.4 Å². The van der Waals surface area contributed by atoms with E-state index in [-0.39, 0.29) is 47.4 Å². The average Bonchev–Trinajstić information content (AvgIpc) is 3.28. The van der Waals surface area contributed by atoms with Gasteiger partial charge >= 0.3 is 17.8 Å². The third kappa shape index (κ3) is 4.73. The summed E-state index contributed by atoms with van der Waals surface area (Å²) < 4.78 is 57.5. The lowest BCUT2D eigenvalue weighted by Gasteiger charge is -2.36. The van der Waals surface area contributed by atoms with Crippen LogP contribution in [0.3, 0.4) is 0 Å². The zero-order valence-electron chi connectivity index (χ0n) is 20.5. The number of carbonyl (C=O) groups excluding carboxylic acids is 1. The molecule has 1 N–H and O–H groups in total. The van der Waals surface area contributed by atoms with Gasteiger partial charge < -0.3 is 14.2 Å². The first-order valence-electron chi connectivity index (χ1n) is 11.2. The second-order valence-electron chi connectivity index (χ2n) is 8.18. The van der Waals surface area contributed by atoms with Crippen molar-refractivity contribution >= 4 is 17.6 Å². The molecule has 1 aromatic heterocycles. The monoisotopic (exact) mass is 529 g/mol. The largest absolute Gasteiger partial charge is 0.491 e. The molecule has 1 atom stereocenters. The Morgan fingerprint density at radius 3 is 2.61 bits per heavy atom. The molecule has 198 valence electrons. The molecule has 0 radical (unpaired) electrons. The van der Waals surface area contributed by atoms with Crippen molar-refractivity contribution in [1.82, 2.24) is 14.8 Å². The highest BCUT2D eigenvalue weighted by molar-refractivity contribution is 5.93. The lowest BCUT2D eigenvalue weighted by molar-refractivity contribution is -0.138. The lowest BCUT2D eigenvalue weighted by atomic mass is 9.93. The van der Waals surface area contributed by atoms with E-state index in [9.17, 15) is 28.0 Å². The molecule has 0 spiro atoms. The first-order chi connectivity index (χ1) is 18.1. The Morgan fingerprint density at radius 1 is 1.18 bits per heavy atom. The van der Waals surface area contributed by atoms with E-state index in [1.807, 2.05) is 6.07 Å². The molecule has 0 aliphatic carbocycles. The minimum absolute atomic E-state index is 0.0221. The van der Waals surface area contributed by atoms with Crippen LogP contribution in [0.15, 0.2) is 58.5 Å². The third-order valence-electron chi connectivity index (χ3n) is 5.96. The van der Waals surface area contributed by atoms with Gasteiger partial charge in [0, 0.05) is 24.1 Å². The van der Waals surface area contributed by atoms with Crippen LogP contribution in [-0.2, 0) is 20.4 Å². The summed E-state index contributed by atoms with van der Waals surface area (Å²) in [6.45, 7) is 1.84. The minimum Gasteiger partial charge on any atom is -0.491 e. The summed E-state index contributed by atoms with van der Waals surface area (Å²) in [6, 6.07) is 9.77. The number of hydrogen-bond acceptors (Lipinski definition) is 8. The Bertz CT molecular complexity index is 1500. The van der Waals surface area contributed by atoms with Crippen LogP contribution in [0.5, 0.6) is 5.75 Å². The molecule has 0 unspecified atom stereocenters. The van der Waals surface area contributed by atoms with Crippen molar-refractivity contribution < 1.29 is 32.2 Å². The fraction of sp³-hybridized carbons (Fsp3) is 0.280. The fourth-order valence-electron chi connectivity index (χ4n) is 4.27. The van der Waals surface area contributed by atoms with Crippen molar-refractivity contribution in [2.75, 3.05) is 32.3 Å². The van der Waals surface area contributed by atoms with Crippen LogP contribution in [0.4, 0.5) is 24.8 Å². The molecule has 0 bridgehead atoms. The molecule has 0 saturated carbocycles. The molecule has 0 amide bonds. The number of benzene rings is 2. The molecule has 13 heteroatoms. The van der Waals surface area contributed by atoms with Crippen LogP contribution in [0.1, 0.15) is 29.7 Å². The van der Waals surface area contributed by atoms with E-state index in [1.54, 1.807) is 0 Å². The first kappa shape index (κ1) is 26.5. The molecule has 2 heterocycles.